The zero-order valence-corrected chi connectivity index (χ0v) is 10.9. The number of carbonyl (C=O) groups is 1. The molecule has 1 fully saturated rings. The molecular weight excluding hydrogens is 234 g/mol. The van der Waals surface area contributed by atoms with E-state index in [9.17, 15) is 4.79 Å². The number of aromatic nitrogens is 2. The number of piperidine rings is 1. The van der Waals surface area contributed by atoms with Gasteiger partial charge < -0.3 is 14.2 Å². The Morgan fingerprint density at radius 3 is 3.06 bits per heavy atom. The maximum Gasteiger partial charge on any atom is 0.249 e. The van der Waals surface area contributed by atoms with Gasteiger partial charge in [-0.2, -0.15) is 4.98 Å². The van der Waals surface area contributed by atoms with Gasteiger partial charge in [0.25, 0.3) is 0 Å². The Morgan fingerprint density at radius 2 is 2.39 bits per heavy atom. The average Bonchev–Trinajstić information content (AvgIpc) is 2.87. The van der Waals surface area contributed by atoms with Gasteiger partial charge in [-0.3, -0.25) is 4.79 Å². The van der Waals surface area contributed by atoms with E-state index in [1.54, 1.807) is 4.90 Å². The average molecular weight is 253 g/mol. The van der Waals surface area contributed by atoms with Crippen LogP contribution in [0.1, 0.15) is 43.9 Å². The minimum atomic E-state index is -0.0887. The summed E-state index contributed by atoms with van der Waals surface area (Å²) in [5.41, 5.74) is 0. The third kappa shape index (κ3) is 2.69. The molecule has 6 nitrogen and oxygen atoms in total. The molecule has 1 saturated heterocycles. The predicted octanol–water partition coefficient (Wildman–Crippen LogP) is 1.33. The minimum absolute atomic E-state index is 0.0153. The minimum Gasteiger partial charge on any atom is -0.375 e. The van der Waals surface area contributed by atoms with Crippen molar-refractivity contribution in [2.75, 3.05) is 20.3 Å². The Kier molecular flexibility index (Phi) is 4.30. The van der Waals surface area contributed by atoms with Crippen molar-refractivity contribution in [3.05, 3.63) is 11.7 Å². The van der Waals surface area contributed by atoms with E-state index >= 15 is 0 Å². The third-order valence-electron chi connectivity index (χ3n) is 3.18. The van der Waals surface area contributed by atoms with Crippen molar-refractivity contribution in [2.45, 2.75) is 38.6 Å². The van der Waals surface area contributed by atoms with Gasteiger partial charge >= 0.3 is 0 Å². The second kappa shape index (κ2) is 5.95. The molecule has 0 saturated carbocycles. The largest absolute Gasteiger partial charge is 0.375 e. The smallest absolute Gasteiger partial charge is 0.249 e. The van der Waals surface area contributed by atoms with Crippen molar-refractivity contribution >= 4 is 5.91 Å². The maximum atomic E-state index is 12.0. The summed E-state index contributed by atoms with van der Waals surface area (Å²) >= 11 is 0. The molecular formula is C12H19N3O3. The Balaban J connectivity index is 2.14. The molecule has 18 heavy (non-hydrogen) atoms. The molecule has 1 aliphatic heterocycles. The standard InChI is InChI=1S/C12H19N3O3/c1-3-10-13-12(18-14-10)9-6-4-5-7-15(9)11(16)8-17-2/h9H,3-8H2,1-2H3/t9-/m1/s1. The first kappa shape index (κ1) is 13.0. The van der Waals surface area contributed by atoms with Gasteiger partial charge in [-0.15, -0.1) is 0 Å². The van der Waals surface area contributed by atoms with Gasteiger partial charge in [0.05, 0.1) is 0 Å². The first-order valence-corrected chi connectivity index (χ1v) is 6.37. The summed E-state index contributed by atoms with van der Waals surface area (Å²) in [5.74, 6) is 1.23. The molecule has 1 aliphatic rings. The van der Waals surface area contributed by atoms with E-state index < -0.39 is 0 Å². The van der Waals surface area contributed by atoms with Gasteiger partial charge in [-0.05, 0) is 19.3 Å². The monoisotopic (exact) mass is 253 g/mol. The molecule has 0 aromatic carbocycles. The maximum absolute atomic E-state index is 12.0. The number of likely N-dealkylation sites (tertiary alicyclic amines) is 1. The summed E-state index contributed by atoms with van der Waals surface area (Å²) in [6.45, 7) is 2.81. The van der Waals surface area contributed by atoms with Gasteiger partial charge in [0.15, 0.2) is 5.82 Å². The van der Waals surface area contributed by atoms with Gasteiger partial charge in [0, 0.05) is 20.1 Å². The zero-order valence-electron chi connectivity index (χ0n) is 10.9. The van der Waals surface area contributed by atoms with Crippen molar-refractivity contribution in [1.29, 1.82) is 0 Å². The first-order valence-electron chi connectivity index (χ1n) is 6.37. The van der Waals surface area contributed by atoms with Crippen LogP contribution in [0.15, 0.2) is 4.52 Å². The number of aryl methyl sites for hydroxylation is 1. The van der Waals surface area contributed by atoms with E-state index in [1.165, 1.54) is 7.11 Å². The van der Waals surface area contributed by atoms with E-state index in [0.717, 1.165) is 32.2 Å². The second-order valence-corrected chi connectivity index (χ2v) is 4.43. The molecule has 2 rings (SSSR count). The number of hydrogen-bond donors (Lipinski definition) is 0. The summed E-state index contributed by atoms with van der Waals surface area (Å²) in [5, 5.41) is 3.89. The Bertz CT molecular complexity index is 405. The summed E-state index contributed by atoms with van der Waals surface area (Å²) in [6, 6.07) is -0.0887. The molecule has 1 atom stereocenters. The van der Waals surface area contributed by atoms with Crippen LogP contribution in [-0.2, 0) is 16.0 Å². The number of hydrogen-bond acceptors (Lipinski definition) is 5. The lowest BCUT2D eigenvalue weighted by Gasteiger charge is -2.33. The molecule has 2 heterocycles. The van der Waals surface area contributed by atoms with Crippen molar-refractivity contribution in [2.24, 2.45) is 0 Å². The van der Waals surface area contributed by atoms with Crippen molar-refractivity contribution in [3.63, 3.8) is 0 Å². The molecule has 0 bridgehead atoms. The van der Waals surface area contributed by atoms with Crippen LogP contribution in [0.5, 0.6) is 0 Å². The lowest BCUT2D eigenvalue weighted by atomic mass is 10.0. The molecule has 0 radical (unpaired) electrons. The molecule has 100 valence electrons. The number of nitrogens with zero attached hydrogens (tertiary/aromatic N) is 3. The highest BCUT2D eigenvalue weighted by atomic mass is 16.5. The predicted molar refractivity (Wildman–Crippen MR) is 63.9 cm³/mol. The summed E-state index contributed by atoms with van der Waals surface area (Å²) < 4.78 is 10.2. The molecule has 1 aromatic rings. The van der Waals surface area contributed by atoms with E-state index in [-0.39, 0.29) is 18.6 Å². The number of amides is 1. The van der Waals surface area contributed by atoms with E-state index in [4.69, 9.17) is 9.26 Å². The van der Waals surface area contributed by atoms with E-state index in [0.29, 0.717) is 11.7 Å². The van der Waals surface area contributed by atoms with Crippen LogP contribution in [0.2, 0.25) is 0 Å². The quantitative estimate of drug-likeness (QED) is 0.809. The SMILES string of the molecule is CCc1noc([C@H]2CCCCN2C(=O)COC)n1. The molecule has 0 spiro atoms. The van der Waals surface area contributed by atoms with Gasteiger partial charge in [0.2, 0.25) is 11.8 Å². The first-order chi connectivity index (χ1) is 8.76. The van der Waals surface area contributed by atoms with Crippen LogP contribution in [0, 0.1) is 0 Å². The number of carbonyl (C=O) groups excluding carboxylic acids is 1. The van der Waals surface area contributed by atoms with Crippen molar-refractivity contribution in [3.8, 4) is 0 Å². The molecule has 1 aromatic heterocycles. The van der Waals surface area contributed by atoms with Crippen LogP contribution >= 0.6 is 0 Å². The van der Waals surface area contributed by atoms with Gasteiger partial charge in [0.1, 0.15) is 12.6 Å². The van der Waals surface area contributed by atoms with Gasteiger partial charge in [-0.1, -0.05) is 12.1 Å². The fourth-order valence-corrected chi connectivity index (χ4v) is 2.24. The number of methoxy groups -OCH3 is 1. The molecule has 1 amide bonds. The lowest BCUT2D eigenvalue weighted by Crippen LogP contribution is -2.40. The second-order valence-electron chi connectivity index (χ2n) is 4.43. The highest BCUT2D eigenvalue weighted by molar-refractivity contribution is 5.77. The van der Waals surface area contributed by atoms with Crippen LogP contribution in [-0.4, -0.2) is 41.2 Å². The molecule has 0 aliphatic carbocycles. The van der Waals surface area contributed by atoms with Crippen LogP contribution in [0.3, 0.4) is 0 Å². The topological polar surface area (TPSA) is 68.5 Å². The summed E-state index contributed by atoms with van der Waals surface area (Å²) in [4.78, 5) is 18.1. The molecule has 6 heteroatoms. The van der Waals surface area contributed by atoms with Crippen molar-refractivity contribution < 1.29 is 14.1 Å². The zero-order chi connectivity index (χ0) is 13.0. The fraction of sp³-hybridized carbons (Fsp3) is 0.750. The summed E-state index contributed by atoms with van der Waals surface area (Å²) in [6.07, 6.45) is 3.70. The van der Waals surface area contributed by atoms with Gasteiger partial charge in [-0.25, -0.2) is 0 Å². The lowest BCUT2D eigenvalue weighted by molar-refractivity contribution is -0.139. The fourth-order valence-electron chi connectivity index (χ4n) is 2.24. The highest BCUT2D eigenvalue weighted by Gasteiger charge is 2.31. The van der Waals surface area contributed by atoms with Crippen LogP contribution in [0.4, 0.5) is 0 Å². The van der Waals surface area contributed by atoms with Crippen LogP contribution in [0.25, 0.3) is 0 Å². The van der Waals surface area contributed by atoms with Crippen LogP contribution < -0.4 is 0 Å². The molecule has 0 unspecified atom stereocenters. The summed E-state index contributed by atoms with van der Waals surface area (Å²) in [7, 11) is 1.53. The Hall–Kier alpha value is -1.43. The third-order valence-corrected chi connectivity index (χ3v) is 3.18. The van der Waals surface area contributed by atoms with Crippen molar-refractivity contribution in [1.82, 2.24) is 15.0 Å². The Morgan fingerprint density at radius 1 is 1.56 bits per heavy atom. The number of ether oxygens (including phenoxy) is 1. The Labute approximate surface area is 106 Å². The van der Waals surface area contributed by atoms with E-state index in [2.05, 4.69) is 10.1 Å². The van der Waals surface area contributed by atoms with E-state index in [1.807, 2.05) is 6.92 Å². The number of rotatable bonds is 4. The molecule has 0 N–H and O–H groups in total. The highest BCUT2D eigenvalue weighted by Crippen LogP contribution is 2.29. The normalized spacial score (nSPS) is 20.1.